The molecular weight excluding hydrogens is 576 g/mol. The molecule has 0 fully saturated rings. The minimum atomic E-state index is -1.21. The van der Waals surface area contributed by atoms with Crippen molar-refractivity contribution in [2.45, 2.75) is 28.4 Å². The first-order valence-corrected chi connectivity index (χ1v) is 13.7. The molecule has 1 aromatic heterocycles. The van der Waals surface area contributed by atoms with Crippen molar-refractivity contribution in [3.63, 3.8) is 0 Å². The number of nitro benzene ring substituents is 1. The van der Waals surface area contributed by atoms with Gasteiger partial charge in [0.2, 0.25) is 0 Å². The quantitative estimate of drug-likeness (QED) is 0.0840. The minimum Gasteiger partial charge on any atom is -0.497 e. The number of hydrogen-bond donors (Lipinski definition) is 1. The second kappa shape index (κ2) is 12.9. The van der Waals surface area contributed by atoms with Gasteiger partial charge in [-0.25, -0.2) is 4.79 Å². The van der Waals surface area contributed by atoms with Crippen molar-refractivity contribution < 1.29 is 24.3 Å². The van der Waals surface area contributed by atoms with Crippen LogP contribution in [0.5, 0.6) is 11.5 Å². The lowest BCUT2D eigenvalue weighted by molar-refractivity contribution is -0.384. The third-order valence-corrected chi connectivity index (χ3v) is 7.94. The maximum Gasteiger partial charge on any atom is 0.342 e. The predicted molar refractivity (Wildman–Crippen MR) is 154 cm³/mol. The number of benzene rings is 3. The Balaban J connectivity index is 1.75. The highest BCUT2D eigenvalue weighted by atomic mass is 35.5. The molecule has 0 saturated carbocycles. The number of halogens is 1. The van der Waals surface area contributed by atoms with E-state index in [0.717, 1.165) is 16.7 Å². The number of ether oxygens (including phenoxy) is 2. The Labute approximate surface area is 243 Å². The first kappa shape index (κ1) is 29.0. The highest BCUT2D eigenvalue weighted by Gasteiger charge is 2.21. The predicted octanol–water partition coefficient (Wildman–Crippen LogP) is 6.91. The van der Waals surface area contributed by atoms with Gasteiger partial charge in [-0.05, 0) is 72.8 Å². The number of carboxylic acid groups (broad SMARTS) is 1. The summed E-state index contributed by atoms with van der Waals surface area (Å²) in [7, 11) is 3.09. The number of carbonyl (C=O) groups is 1. The van der Waals surface area contributed by atoms with E-state index in [1.807, 2.05) is 19.1 Å². The average molecular weight is 599 g/mol. The highest BCUT2D eigenvalue weighted by Crippen LogP contribution is 2.37. The molecule has 10 nitrogen and oxygen atoms in total. The zero-order valence-electron chi connectivity index (χ0n) is 21.5. The fourth-order valence-corrected chi connectivity index (χ4v) is 5.56. The Morgan fingerprint density at radius 1 is 1.07 bits per heavy atom. The third kappa shape index (κ3) is 6.76. The summed E-state index contributed by atoms with van der Waals surface area (Å²) in [6, 6.07) is 16.7. The molecular formula is C27H23ClN4O6S2. The molecule has 0 radical (unpaired) electrons. The van der Waals surface area contributed by atoms with E-state index in [0.29, 0.717) is 50.1 Å². The van der Waals surface area contributed by atoms with Crippen molar-refractivity contribution in [3.05, 3.63) is 86.3 Å². The Morgan fingerprint density at radius 2 is 1.75 bits per heavy atom. The van der Waals surface area contributed by atoms with Crippen LogP contribution in [0.15, 0.2) is 80.5 Å². The first-order chi connectivity index (χ1) is 19.2. The van der Waals surface area contributed by atoms with Gasteiger partial charge in [-0.1, -0.05) is 23.4 Å². The summed E-state index contributed by atoms with van der Waals surface area (Å²) in [5.41, 5.74) is 0.894. The van der Waals surface area contributed by atoms with Crippen molar-refractivity contribution in [3.8, 4) is 22.9 Å². The van der Waals surface area contributed by atoms with Gasteiger partial charge >= 0.3 is 5.97 Å². The molecule has 0 aliphatic heterocycles. The zero-order chi connectivity index (χ0) is 28.8. The molecule has 1 N–H and O–H groups in total. The van der Waals surface area contributed by atoms with Crippen LogP contribution < -0.4 is 9.47 Å². The third-order valence-electron chi connectivity index (χ3n) is 5.59. The fourth-order valence-electron chi connectivity index (χ4n) is 3.66. The number of aliphatic carboxylic acids is 1. The van der Waals surface area contributed by atoms with Gasteiger partial charge in [-0.3, -0.25) is 10.1 Å². The Morgan fingerprint density at radius 3 is 2.33 bits per heavy atom. The van der Waals surface area contributed by atoms with Crippen LogP contribution in [-0.4, -0.2) is 45.0 Å². The van der Waals surface area contributed by atoms with E-state index < -0.39 is 10.9 Å². The van der Waals surface area contributed by atoms with Crippen LogP contribution in [0.3, 0.4) is 0 Å². The molecule has 0 aliphatic carbocycles. The lowest BCUT2D eigenvalue weighted by atomic mass is 10.2. The molecule has 0 aliphatic rings. The number of carboxylic acids is 1. The Bertz CT molecular complexity index is 1570. The lowest BCUT2D eigenvalue weighted by Gasteiger charge is -2.11. The molecule has 1 heterocycles. The van der Waals surface area contributed by atoms with Gasteiger partial charge in [0.15, 0.2) is 11.0 Å². The standard InChI is InChI=1S/C27H23ClN4O6S2/c1-4-31-25(17-12-20(37-2)15-21(13-17)38-3)29-30-27(31)40-24(26(33)34)14-16-11-19(32(35)36)7-10-23(16)39-22-8-5-18(28)6-9-22/h5-15H,4H2,1-3H3,(H,33,34)/b24-14+. The van der Waals surface area contributed by atoms with Crippen molar-refractivity contribution >= 4 is 52.9 Å². The second-order valence-electron chi connectivity index (χ2n) is 8.10. The number of nitro groups is 1. The maximum atomic E-state index is 12.3. The molecule has 13 heteroatoms. The van der Waals surface area contributed by atoms with E-state index in [1.54, 1.807) is 55.2 Å². The molecule has 3 aromatic carbocycles. The fraction of sp³-hybridized carbons (Fsp3) is 0.148. The van der Waals surface area contributed by atoms with Gasteiger partial charge < -0.3 is 19.1 Å². The van der Waals surface area contributed by atoms with E-state index in [2.05, 4.69) is 10.2 Å². The summed E-state index contributed by atoms with van der Waals surface area (Å²) in [6.45, 7) is 2.34. The van der Waals surface area contributed by atoms with Crippen LogP contribution in [0, 0.1) is 10.1 Å². The Hall–Kier alpha value is -4.00. The van der Waals surface area contributed by atoms with Crippen molar-refractivity contribution in [2.75, 3.05) is 14.2 Å². The summed E-state index contributed by atoms with van der Waals surface area (Å²) < 4.78 is 12.5. The number of nitrogens with zero attached hydrogens (tertiary/aromatic N) is 4. The van der Waals surface area contributed by atoms with E-state index in [4.69, 9.17) is 21.1 Å². The molecule has 4 rings (SSSR count). The van der Waals surface area contributed by atoms with E-state index in [1.165, 1.54) is 30.0 Å². The molecule has 0 spiro atoms. The number of methoxy groups -OCH3 is 2. The normalized spacial score (nSPS) is 11.3. The summed E-state index contributed by atoms with van der Waals surface area (Å²) in [5.74, 6) is 0.420. The SMILES string of the molecule is CCn1c(S/C(=C/c2cc([N+](=O)[O-])ccc2Sc2ccc(Cl)cc2)C(=O)O)nnc1-c1cc(OC)cc(OC)c1. The molecule has 0 atom stereocenters. The van der Waals surface area contributed by atoms with Crippen LogP contribution >= 0.6 is 35.1 Å². The minimum absolute atomic E-state index is 0.0877. The Kier molecular flexibility index (Phi) is 9.35. The summed E-state index contributed by atoms with van der Waals surface area (Å²) >= 11 is 8.23. The smallest absolute Gasteiger partial charge is 0.342 e. The number of hydrogen-bond acceptors (Lipinski definition) is 9. The van der Waals surface area contributed by atoms with Crippen molar-refractivity contribution in [1.82, 2.24) is 14.8 Å². The zero-order valence-corrected chi connectivity index (χ0v) is 23.9. The van der Waals surface area contributed by atoms with Crippen LogP contribution in [0.2, 0.25) is 5.02 Å². The van der Waals surface area contributed by atoms with Gasteiger partial charge in [0.1, 0.15) is 16.4 Å². The number of non-ortho nitro benzene ring substituents is 1. The van der Waals surface area contributed by atoms with Crippen LogP contribution in [0.4, 0.5) is 5.69 Å². The number of aromatic nitrogens is 3. The van der Waals surface area contributed by atoms with E-state index in [9.17, 15) is 20.0 Å². The summed E-state index contributed by atoms with van der Waals surface area (Å²) in [6.07, 6.45) is 1.40. The monoisotopic (exact) mass is 598 g/mol. The molecule has 0 unspecified atom stereocenters. The highest BCUT2D eigenvalue weighted by molar-refractivity contribution is 8.04. The van der Waals surface area contributed by atoms with Gasteiger partial charge in [-0.15, -0.1) is 10.2 Å². The lowest BCUT2D eigenvalue weighted by Crippen LogP contribution is -2.03. The summed E-state index contributed by atoms with van der Waals surface area (Å²) in [4.78, 5) is 24.7. The van der Waals surface area contributed by atoms with Crippen LogP contribution in [-0.2, 0) is 11.3 Å². The molecule has 40 heavy (non-hydrogen) atoms. The van der Waals surface area contributed by atoms with Gasteiger partial charge in [0.25, 0.3) is 5.69 Å². The van der Waals surface area contributed by atoms with Gasteiger partial charge in [0, 0.05) is 45.1 Å². The van der Waals surface area contributed by atoms with Crippen molar-refractivity contribution in [1.29, 1.82) is 0 Å². The van der Waals surface area contributed by atoms with Crippen molar-refractivity contribution in [2.24, 2.45) is 0 Å². The van der Waals surface area contributed by atoms with E-state index in [-0.39, 0.29) is 10.6 Å². The van der Waals surface area contributed by atoms with Crippen LogP contribution in [0.1, 0.15) is 12.5 Å². The molecule has 206 valence electrons. The van der Waals surface area contributed by atoms with Gasteiger partial charge in [0.05, 0.1) is 19.1 Å². The maximum absolute atomic E-state index is 12.3. The topological polar surface area (TPSA) is 130 Å². The van der Waals surface area contributed by atoms with Crippen LogP contribution in [0.25, 0.3) is 17.5 Å². The van der Waals surface area contributed by atoms with E-state index >= 15 is 0 Å². The number of rotatable bonds is 11. The molecule has 0 amide bonds. The molecule has 0 bridgehead atoms. The molecule has 0 saturated heterocycles. The van der Waals surface area contributed by atoms with Gasteiger partial charge in [-0.2, -0.15) is 0 Å². The first-order valence-electron chi connectivity index (χ1n) is 11.7. The largest absolute Gasteiger partial charge is 0.497 e. The average Bonchev–Trinajstić information content (AvgIpc) is 3.36. The second-order valence-corrected chi connectivity index (χ2v) is 10.7. The summed E-state index contributed by atoms with van der Waals surface area (Å²) in [5, 5.41) is 31.0. The number of thioether (sulfide) groups is 1. The molecule has 4 aromatic rings.